The van der Waals surface area contributed by atoms with Crippen LogP contribution < -0.4 is 0 Å². The van der Waals surface area contributed by atoms with Gasteiger partial charge in [0.1, 0.15) is 5.76 Å². The van der Waals surface area contributed by atoms with Gasteiger partial charge in [0.05, 0.1) is 6.26 Å². The Morgan fingerprint density at radius 2 is 1.85 bits per heavy atom. The van der Waals surface area contributed by atoms with Gasteiger partial charge in [0.2, 0.25) is 0 Å². The van der Waals surface area contributed by atoms with Crippen molar-refractivity contribution in [2.24, 2.45) is 0 Å². The average Bonchev–Trinajstić information content (AvgIpc) is 2.03. The van der Waals surface area contributed by atoms with Gasteiger partial charge in [-0.25, -0.2) is 0 Å². The summed E-state index contributed by atoms with van der Waals surface area (Å²) >= 11 is 0. The Kier molecular flexibility index (Phi) is 2.72. The van der Waals surface area contributed by atoms with Crippen LogP contribution in [0.2, 0.25) is 0 Å². The van der Waals surface area contributed by atoms with Crippen LogP contribution in [-0.4, -0.2) is 14.7 Å². The van der Waals surface area contributed by atoms with E-state index in [4.69, 9.17) is 0 Å². The Hall–Kier alpha value is -1.29. The maximum atomic E-state index is 10.7. The Balaban J connectivity index is 2.82. The third-order valence-corrected chi connectivity index (χ3v) is 1.85. The number of benzene rings is 1. The van der Waals surface area contributed by atoms with Crippen molar-refractivity contribution in [3.63, 3.8) is 0 Å². The molecule has 0 aliphatic rings. The van der Waals surface area contributed by atoms with Crippen LogP contribution in [0.5, 0.6) is 0 Å². The molecule has 0 fully saturated rings. The van der Waals surface area contributed by atoms with E-state index in [1.807, 2.05) is 6.07 Å². The first-order valence-corrected chi connectivity index (χ1v) is 5.44. The molecule has 0 unspecified atom stereocenters. The molecular weight excluding hydrogens is 188 g/mol. The lowest BCUT2D eigenvalue weighted by molar-refractivity contribution is 0.471. The van der Waals surface area contributed by atoms with Crippen LogP contribution in [-0.2, 0) is 14.3 Å². The fourth-order valence-corrected chi connectivity index (χ4v) is 1.32. The fourth-order valence-electron chi connectivity index (χ4n) is 0.855. The van der Waals surface area contributed by atoms with Crippen LogP contribution in [0, 0.1) is 0 Å². The minimum atomic E-state index is -3.47. The van der Waals surface area contributed by atoms with Crippen molar-refractivity contribution >= 4 is 15.9 Å². The second-order valence-corrected chi connectivity index (χ2v) is 4.15. The lowest BCUT2D eigenvalue weighted by Gasteiger charge is -2.05. The quantitative estimate of drug-likeness (QED) is 0.547. The van der Waals surface area contributed by atoms with Gasteiger partial charge in [0, 0.05) is 5.56 Å². The zero-order chi connectivity index (χ0) is 9.90. The normalized spacial score (nSPS) is 10.8. The Labute approximate surface area is 77.8 Å². The summed E-state index contributed by atoms with van der Waals surface area (Å²) in [6.45, 7) is 3.51. The van der Waals surface area contributed by atoms with E-state index in [9.17, 15) is 8.42 Å². The molecule has 0 saturated heterocycles. The van der Waals surface area contributed by atoms with E-state index in [1.54, 1.807) is 24.3 Å². The average molecular weight is 198 g/mol. The predicted octanol–water partition coefficient (Wildman–Crippen LogP) is 1.63. The lowest BCUT2D eigenvalue weighted by Crippen LogP contribution is -2.00. The van der Waals surface area contributed by atoms with Crippen molar-refractivity contribution in [2.75, 3.05) is 6.26 Å². The lowest BCUT2D eigenvalue weighted by atomic mass is 10.2. The van der Waals surface area contributed by atoms with Gasteiger partial charge in [-0.15, -0.1) is 0 Å². The summed E-state index contributed by atoms with van der Waals surface area (Å²) in [6.07, 6.45) is 0.987. The van der Waals surface area contributed by atoms with Gasteiger partial charge in [-0.2, -0.15) is 8.42 Å². The molecule has 1 rings (SSSR count). The Bertz CT molecular complexity index is 392. The van der Waals surface area contributed by atoms with E-state index in [-0.39, 0.29) is 5.76 Å². The molecule has 0 spiro atoms. The predicted molar refractivity (Wildman–Crippen MR) is 51.4 cm³/mol. The summed E-state index contributed by atoms with van der Waals surface area (Å²) in [5.74, 6) is 0.142. The summed E-state index contributed by atoms with van der Waals surface area (Å²) in [6, 6.07) is 8.86. The maximum absolute atomic E-state index is 10.7. The van der Waals surface area contributed by atoms with Crippen LogP contribution in [0.1, 0.15) is 5.56 Å². The van der Waals surface area contributed by atoms with Crippen LogP contribution in [0.15, 0.2) is 36.9 Å². The van der Waals surface area contributed by atoms with E-state index in [0.717, 1.165) is 6.26 Å². The first-order valence-electron chi connectivity index (χ1n) is 3.63. The van der Waals surface area contributed by atoms with Gasteiger partial charge in [0.25, 0.3) is 0 Å². The molecule has 0 amide bonds. The molecule has 4 heteroatoms. The zero-order valence-corrected chi connectivity index (χ0v) is 8.04. The van der Waals surface area contributed by atoms with Gasteiger partial charge in [0.15, 0.2) is 0 Å². The van der Waals surface area contributed by atoms with Crippen LogP contribution in [0.4, 0.5) is 0 Å². The molecule has 0 atom stereocenters. The number of hydrogen-bond acceptors (Lipinski definition) is 3. The Morgan fingerprint density at radius 1 is 1.31 bits per heavy atom. The molecule has 0 aromatic heterocycles. The smallest absolute Gasteiger partial charge is 0.306 e. The molecule has 0 bridgehead atoms. The second-order valence-electron chi connectivity index (χ2n) is 2.58. The molecular formula is C9H10O3S. The molecule has 0 radical (unpaired) electrons. The monoisotopic (exact) mass is 198 g/mol. The van der Waals surface area contributed by atoms with Crippen LogP contribution in [0.25, 0.3) is 5.76 Å². The standard InChI is InChI=1S/C9H10O3S/c1-8(12-13(2,10)11)9-6-4-3-5-7-9/h3-7H,1H2,2H3. The first kappa shape index (κ1) is 9.80. The highest BCUT2D eigenvalue weighted by Crippen LogP contribution is 2.14. The molecule has 0 saturated carbocycles. The summed E-state index contributed by atoms with van der Waals surface area (Å²) in [5.41, 5.74) is 0.660. The maximum Gasteiger partial charge on any atom is 0.306 e. The molecule has 3 nitrogen and oxygen atoms in total. The van der Waals surface area contributed by atoms with Crippen molar-refractivity contribution < 1.29 is 12.6 Å². The van der Waals surface area contributed by atoms with E-state index in [1.165, 1.54) is 0 Å². The van der Waals surface area contributed by atoms with E-state index in [2.05, 4.69) is 10.8 Å². The topological polar surface area (TPSA) is 43.4 Å². The van der Waals surface area contributed by atoms with Gasteiger partial charge in [-0.3, -0.25) is 0 Å². The van der Waals surface area contributed by atoms with Crippen molar-refractivity contribution in [1.29, 1.82) is 0 Å². The highest BCUT2D eigenvalue weighted by atomic mass is 32.2. The summed E-state index contributed by atoms with van der Waals surface area (Å²) in [4.78, 5) is 0. The third kappa shape index (κ3) is 3.29. The molecule has 13 heavy (non-hydrogen) atoms. The van der Waals surface area contributed by atoms with E-state index >= 15 is 0 Å². The number of hydrogen-bond donors (Lipinski definition) is 0. The zero-order valence-electron chi connectivity index (χ0n) is 7.23. The molecule has 0 N–H and O–H groups in total. The second kappa shape index (κ2) is 3.62. The van der Waals surface area contributed by atoms with Gasteiger partial charge < -0.3 is 4.18 Å². The third-order valence-electron chi connectivity index (χ3n) is 1.35. The number of rotatable bonds is 3. The molecule has 1 aromatic carbocycles. The minimum Gasteiger partial charge on any atom is -0.383 e. The van der Waals surface area contributed by atoms with Crippen LogP contribution in [0.3, 0.4) is 0 Å². The van der Waals surface area contributed by atoms with Gasteiger partial charge in [-0.05, 0) is 0 Å². The van der Waals surface area contributed by atoms with E-state index in [0.29, 0.717) is 5.56 Å². The highest BCUT2D eigenvalue weighted by molar-refractivity contribution is 7.86. The summed E-state index contributed by atoms with van der Waals surface area (Å²) < 4.78 is 26.1. The van der Waals surface area contributed by atoms with Crippen molar-refractivity contribution in [3.05, 3.63) is 42.5 Å². The van der Waals surface area contributed by atoms with Crippen molar-refractivity contribution in [2.45, 2.75) is 0 Å². The molecule has 1 aromatic rings. The first-order chi connectivity index (χ1) is 5.99. The molecule has 0 aliphatic carbocycles. The summed E-state index contributed by atoms with van der Waals surface area (Å²) in [5, 5.41) is 0. The van der Waals surface area contributed by atoms with Gasteiger partial charge >= 0.3 is 10.1 Å². The van der Waals surface area contributed by atoms with Crippen LogP contribution >= 0.6 is 0 Å². The Morgan fingerprint density at radius 3 is 2.31 bits per heavy atom. The fraction of sp³-hybridized carbons (Fsp3) is 0.111. The van der Waals surface area contributed by atoms with Crippen molar-refractivity contribution in [3.8, 4) is 0 Å². The highest BCUT2D eigenvalue weighted by Gasteiger charge is 2.06. The molecule has 0 heterocycles. The molecule has 0 aliphatic heterocycles. The van der Waals surface area contributed by atoms with Crippen molar-refractivity contribution in [1.82, 2.24) is 0 Å². The minimum absolute atomic E-state index is 0.142. The summed E-state index contributed by atoms with van der Waals surface area (Å²) in [7, 11) is -3.47. The van der Waals surface area contributed by atoms with Gasteiger partial charge in [-0.1, -0.05) is 36.9 Å². The SMILES string of the molecule is C=C(OS(C)(=O)=O)c1ccccc1. The van der Waals surface area contributed by atoms with E-state index < -0.39 is 10.1 Å². The molecule has 70 valence electrons. The largest absolute Gasteiger partial charge is 0.383 e.